The Labute approximate surface area is 156 Å². The van der Waals surface area contributed by atoms with E-state index in [1.54, 1.807) is 12.1 Å². The third kappa shape index (κ3) is 5.29. The van der Waals surface area contributed by atoms with Crippen molar-refractivity contribution in [2.45, 2.75) is 18.9 Å². The number of nitrogens with zero attached hydrogens (tertiary/aromatic N) is 1. The first-order chi connectivity index (χ1) is 12.1. The van der Waals surface area contributed by atoms with Crippen LogP contribution < -0.4 is 10.6 Å². The zero-order chi connectivity index (χ0) is 17.6. The Hall–Kier alpha value is -1.89. The standard InChI is InChI=1S/C18H20ClN3O2S/c19-16-7-6-15(25-16)18(24)21-14-8-10-22(11-9-14)12-17(23)20-13-4-2-1-3-5-13/h1-7,14H,8-12H2,(H,20,23)(H,21,24). The average Bonchev–Trinajstić information content (AvgIpc) is 3.04. The van der Waals surface area contributed by atoms with Crippen molar-refractivity contribution in [1.82, 2.24) is 10.2 Å². The zero-order valence-corrected chi connectivity index (χ0v) is 15.3. The summed E-state index contributed by atoms with van der Waals surface area (Å²) in [7, 11) is 0. The van der Waals surface area contributed by atoms with Gasteiger partial charge in [0.2, 0.25) is 5.91 Å². The van der Waals surface area contributed by atoms with Crippen molar-refractivity contribution in [2.24, 2.45) is 0 Å². The molecule has 1 fully saturated rings. The predicted molar refractivity (Wildman–Crippen MR) is 101 cm³/mol. The molecule has 1 aromatic heterocycles. The molecule has 2 amide bonds. The van der Waals surface area contributed by atoms with Crippen LogP contribution in [0.1, 0.15) is 22.5 Å². The van der Waals surface area contributed by atoms with E-state index >= 15 is 0 Å². The van der Waals surface area contributed by atoms with Crippen LogP contribution in [0, 0.1) is 0 Å². The molecule has 0 spiro atoms. The Kier molecular flexibility index (Phi) is 6.07. The molecule has 25 heavy (non-hydrogen) atoms. The van der Waals surface area contributed by atoms with Crippen LogP contribution in [-0.2, 0) is 4.79 Å². The van der Waals surface area contributed by atoms with E-state index in [-0.39, 0.29) is 17.9 Å². The summed E-state index contributed by atoms with van der Waals surface area (Å²) >= 11 is 7.15. The van der Waals surface area contributed by atoms with E-state index < -0.39 is 0 Å². The van der Waals surface area contributed by atoms with E-state index in [1.807, 2.05) is 30.3 Å². The molecule has 0 saturated carbocycles. The van der Waals surface area contributed by atoms with Gasteiger partial charge in [-0.15, -0.1) is 11.3 Å². The van der Waals surface area contributed by atoms with E-state index in [0.29, 0.717) is 15.8 Å². The summed E-state index contributed by atoms with van der Waals surface area (Å²) in [5.41, 5.74) is 0.809. The minimum absolute atomic E-state index is 0.0121. The largest absolute Gasteiger partial charge is 0.349 e. The van der Waals surface area contributed by atoms with Gasteiger partial charge in [-0.05, 0) is 37.1 Å². The highest BCUT2D eigenvalue weighted by molar-refractivity contribution is 7.18. The lowest BCUT2D eigenvalue weighted by molar-refractivity contribution is -0.117. The number of likely N-dealkylation sites (tertiary alicyclic amines) is 1. The first kappa shape index (κ1) is 17.9. The van der Waals surface area contributed by atoms with Crippen molar-refractivity contribution in [1.29, 1.82) is 0 Å². The molecule has 0 unspecified atom stereocenters. The highest BCUT2D eigenvalue weighted by atomic mass is 35.5. The second kappa shape index (κ2) is 8.47. The molecule has 132 valence electrons. The van der Waals surface area contributed by atoms with E-state index in [2.05, 4.69) is 15.5 Å². The van der Waals surface area contributed by atoms with Gasteiger partial charge in [0.15, 0.2) is 0 Å². The fourth-order valence-electron chi connectivity index (χ4n) is 2.85. The number of rotatable bonds is 5. The van der Waals surface area contributed by atoms with Crippen LogP contribution in [0.5, 0.6) is 0 Å². The summed E-state index contributed by atoms with van der Waals surface area (Å²) in [6.07, 6.45) is 1.67. The van der Waals surface area contributed by atoms with Crippen LogP contribution in [0.15, 0.2) is 42.5 Å². The lowest BCUT2D eigenvalue weighted by Gasteiger charge is -2.31. The number of hydrogen-bond acceptors (Lipinski definition) is 4. The molecule has 0 bridgehead atoms. The van der Waals surface area contributed by atoms with Crippen LogP contribution in [0.4, 0.5) is 5.69 Å². The zero-order valence-electron chi connectivity index (χ0n) is 13.7. The molecular formula is C18H20ClN3O2S. The summed E-state index contributed by atoms with van der Waals surface area (Å²) in [5, 5.41) is 5.94. The first-order valence-corrected chi connectivity index (χ1v) is 9.43. The molecule has 1 aliphatic heterocycles. The number of thiophene rings is 1. The SMILES string of the molecule is O=C(CN1CCC(NC(=O)c2ccc(Cl)s2)CC1)Nc1ccccc1. The third-order valence-electron chi connectivity index (χ3n) is 4.14. The normalized spacial score (nSPS) is 15.7. The van der Waals surface area contributed by atoms with Gasteiger partial charge in [-0.1, -0.05) is 29.8 Å². The van der Waals surface area contributed by atoms with Crippen LogP contribution in [0.3, 0.4) is 0 Å². The number of piperidine rings is 1. The number of amides is 2. The molecule has 0 aliphatic carbocycles. The maximum absolute atomic E-state index is 12.2. The molecule has 2 heterocycles. The summed E-state index contributed by atoms with van der Waals surface area (Å²) in [5.74, 6) is -0.0842. The number of para-hydroxylation sites is 1. The third-order valence-corrected chi connectivity index (χ3v) is 5.37. The van der Waals surface area contributed by atoms with Crippen LogP contribution in [0.2, 0.25) is 4.34 Å². The van der Waals surface area contributed by atoms with E-state index in [4.69, 9.17) is 11.6 Å². The Morgan fingerprint density at radius 2 is 1.84 bits per heavy atom. The molecule has 1 aromatic carbocycles. The number of carbonyl (C=O) groups is 2. The predicted octanol–water partition coefficient (Wildman–Crippen LogP) is 3.23. The van der Waals surface area contributed by atoms with Crippen molar-refractivity contribution in [3.05, 3.63) is 51.7 Å². The molecule has 1 aliphatic rings. The number of nitrogens with one attached hydrogen (secondary N) is 2. The quantitative estimate of drug-likeness (QED) is 0.840. The lowest BCUT2D eigenvalue weighted by atomic mass is 10.0. The van der Waals surface area contributed by atoms with Crippen molar-refractivity contribution >= 4 is 40.4 Å². The highest BCUT2D eigenvalue weighted by Gasteiger charge is 2.23. The fraction of sp³-hybridized carbons (Fsp3) is 0.333. The van der Waals surface area contributed by atoms with Gasteiger partial charge in [0.05, 0.1) is 15.8 Å². The summed E-state index contributed by atoms with van der Waals surface area (Å²) in [6.45, 7) is 1.95. The second-order valence-electron chi connectivity index (χ2n) is 6.04. The van der Waals surface area contributed by atoms with Gasteiger partial charge in [-0.2, -0.15) is 0 Å². The highest BCUT2D eigenvalue weighted by Crippen LogP contribution is 2.22. The molecule has 3 rings (SSSR count). The van der Waals surface area contributed by atoms with Crippen LogP contribution >= 0.6 is 22.9 Å². The number of anilines is 1. The Bertz CT molecular complexity index is 727. The van der Waals surface area contributed by atoms with Crippen molar-refractivity contribution in [3.8, 4) is 0 Å². The maximum Gasteiger partial charge on any atom is 0.261 e. The molecule has 1 saturated heterocycles. The molecule has 7 heteroatoms. The minimum Gasteiger partial charge on any atom is -0.349 e. The number of halogens is 1. The first-order valence-electron chi connectivity index (χ1n) is 8.23. The summed E-state index contributed by atoms with van der Waals surface area (Å²) < 4.78 is 0.615. The maximum atomic E-state index is 12.2. The van der Waals surface area contributed by atoms with Gasteiger partial charge in [0.25, 0.3) is 5.91 Å². The van der Waals surface area contributed by atoms with Crippen molar-refractivity contribution < 1.29 is 9.59 Å². The Balaban J connectivity index is 1.41. The Morgan fingerprint density at radius 1 is 1.12 bits per heavy atom. The van der Waals surface area contributed by atoms with E-state index in [1.165, 1.54) is 11.3 Å². The summed E-state index contributed by atoms with van der Waals surface area (Å²) in [6, 6.07) is 13.1. The topological polar surface area (TPSA) is 61.4 Å². The van der Waals surface area contributed by atoms with Gasteiger partial charge < -0.3 is 10.6 Å². The summed E-state index contributed by atoms with van der Waals surface area (Å²) in [4.78, 5) is 27.0. The molecule has 0 atom stereocenters. The van der Waals surface area contributed by atoms with Gasteiger partial charge >= 0.3 is 0 Å². The van der Waals surface area contributed by atoms with Gasteiger partial charge in [0, 0.05) is 24.8 Å². The average molecular weight is 378 g/mol. The second-order valence-corrected chi connectivity index (χ2v) is 7.76. The van der Waals surface area contributed by atoms with Crippen molar-refractivity contribution in [2.75, 3.05) is 25.0 Å². The van der Waals surface area contributed by atoms with Gasteiger partial charge in [0.1, 0.15) is 0 Å². The van der Waals surface area contributed by atoms with Crippen LogP contribution in [0.25, 0.3) is 0 Å². The molecule has 2 N–H and O–H groups in total. The molecule has 2 aromatic rings. The smallest absolute Gasteiger partial charge is 0.261 e. The number of hydrogen-bond donors (Lipinski definition) is 2. The Morgan fingerprint density at radius 3 is 2.48 bits per heavy atom. The number of carbonyl (C=O) groups excluding carboxylic acids is 2. The minimum atomic E-state index is -0.0721. The van der Waals surface area contributed by atoms with Crippen molar-refractivity contribution in [3.63, 3.8) is 0 Å². The number of benzene rings is 1. The van der Waals surface area contributed by atoms with E-state index in [9.17, 15) is 9.59 Å². The lowest BCUT2D eigenvalue weighted by Crippen LogP contribution is -2.46. The van der Waals surface area contributed by atoms with Gasteiger partial charge in [-0.3, -0.25) is 14.5 Å². The monoisotopic (exact) mass is 377 g/mol. The van der Waals surface area contributed by atoms with Gasteiger partial charge in [-0.25, -0.2) is 0 Å². The van der Waals surface area contributed by atoms with E-state index in [0.717, 1.165) is 31.6 Å². The molecule has 0 radical (unpaired) electrons. The van der Waals surface area contributed by atoms with Crippen LogP contribution in [-0.4, -0.2) is 42.4 Å². The molecular weight excluding hydrogens is 358 g/mol. The molecule has 5 nitrogen and oxygen atoms in total. The fourth-order valence-corrected chi connectivity index (χ4v) is 3.80.